The average molecular weight is 477 g/mol. The lowest BCUT2D eigenvalue weighted by Gasteiger charge is -2.19. The maximum absolute atomic E-state index is 13.1. The van der Waals surface area contributed by atoms with E-state index in [1.165, 1.54) is 15.9 Å². The number of anilines is 2. The second-order valence-corrected chi connectivity index (χ2v) is 9.69. The van der Waals surface area contributed by atoms with Gasteiger partial charge in [-0.15, -0.1) is 0 Å². The normalized spacial score (nSPS) is 29.3. The first-order valence-electron chi connectivity index (χ1n) is 11.3. The van der Waals surface area contributed by atoms with E-state index in [0.29, 0.717) is 16.4 Å². The van der Waals surface area contributed by atoms with E-state index >= 15 is 0 Å². The molecule has 2 aliphatic carbocycles. The third-order valence-electron chi connectivity index (χ3n) is 7.37. The maximum atomic E-state index is 13.1. The largest absolute Gasteiger partial charge is 0.426 e. The van der Waals surface area contributed by atoms with Crippen molar-refractivity contribution in [2.24, 2.45) is 29.6 Å². The fourth-order valence-electron chi connectivity index (χ4n) is 5.81. The molecule has 0 N–H and O–H groups in total. The van der Waals surface area contributed by atoms with E-state index in [9.17, 15) is 19.2 Å². The summed E-state index contributed by atoms with van der Waals surface area (Å²) in [4.78, 5) is 54.2. The van der Waals surface area contributed by atoms with Crippen LogP contribution in [0, 0.1) is 29.6 Å². The molecule has 3 amide bonds. The number of carbonyl (C=O) groups is 4. The quantitative estimate of drug-likeness (QED) is 0.291. The topological polar surface area (TPSA) is 84.0 Å². The summed E-state index contributed by atoms with van der Waals surface area (Å²) >= 11 is 6.21. The van der Waals surface area contributed by atoms with Crippen LogP contribution in [0.25, 0.3) is 0 Å². The number of halogens is 1. The molecule has 8 heteroatoms. The second kappa shape index (κ2) is 7.81. The number of hydrogen-bond donors (Lipinski definition) is 0. The number of para-hydroxylation sites is 1. The number of rotatable bonds is 4. The van der Waals surface area contributed by atoms with Gasteiger partial charge < -0.3 is 9.64 Å². The van der Waals surface area contributed by atoms with Gasteiger partial charge in [0.15, 0.2) is 0 Å². The van der Waals surface area contributed by atoms with Crippen LogP contribution in [0.1, 0.15) is 12.8 Å². The Bertz CT molecular complexity index is 1240. The molecule has 0 aromatic heterocycles. The van der Waals surface area contributed by atoms with Crippen LogP contribution in [0.5, 0.6) is 5.75 Å². The lowest BCUT2D eigenvalue weighted by molar-refractivity contribution is -0.139. The Morgan fingerprint density at radius 1 is 0.941 bits per heavy atom. The number of allylic oxidation sites excluding steroid dienone is 2. The van der Waals surface area contributed by atoms with Crippen molar-refractivity contribution in [2.45, 2.75) is 12.8 Å². The second-order valence-electron chi connectivity index (χ2n) is 9.29. The van der Waals surface area contributed by atoms with Gasteiger partial charge in [-0.3, -0.25) is 19.2 Å². The molecule has 172 valence electrons. The molecule has 6 rings (SSSR count). The molecule has 2 bridgehead atoms. The highest BCUT2D eigenvalue weighted by atomic mass is 35.5. The summed E-state index contributed by atoms with van der Waals surface area (Å²) in [5.74, 6) is -1.89. The molecule has 34 heavy (non-hydrogen) atoms. The van der Waals surface area contributed by atoms with E-state index in [1.807, 2.05) is 12.2 Å². The van der Waals surface area contributed by atoms with Gasteiger partial charge in [-0.05, 0) is 42.5 Å². The zero-order chi connectivity index (χ0) is 23.6. The molecule has 7 nitrogen and oxygen atoms in total. The summed E-state index contributed by atoms with van der Waals surface area (Å²) in [5.41, 5.74) is 0.959. The van der Waals surface area contributed by atoms with Crippen LogP contribution in [0.2, 0.25) is 5.02 Å². The Balaban J connectivity index is 1.18. The summed E-state index contributed by atoms with van der Waals surface area (Å²) in [6, 6.07) is 13.4. The van der Waals surface area contributed by atoms with Gasteiger partial charge in [0.2, 0.25) is 17.7 Å². The zero-order valence-corrected chi connectivity index (χ0v) is 18.9. The van der Waals surface area contributed by atoms with E-state index in [2.05, 4.69) is 0 Å². The molecule has 0 unspecified atom stereocenters. The highest BCUT2D eigenvalue weighted by Gasteiger charge is 2.59. The SMILES string of the molecule is O=C(Oc1cccc(N2C(=O)[C@H]3[C@H](C2=O)[C@H]2C=C[C@H]3C2)c1)[C@@H]1CC(=O)N(c2ccccc2Cl)C1. The Morgan fingerprint density at radius 3 is 2.35 bits per heavy atom. The number of fused-ring (bicyclic) bond motifs is 5. The van der Waals surface area contributed by atoms with Crippen LogP contribution >= 0.6 is 11.6 Å². The first-order valence-corrected chi connectivity index (χ1v) is 11.7. The van der Waals surface area contributed by atoms with Crippen molar-refractivity contribution in [1.82, 2.24) is 0 Å². The number of hydrogen-bond acceptors (Lipinski definition) is 5. The first-order chi connectivity index (χ1) is 16.4. The number of ether oxygens (including phenoxy) is 1. The van der Waals surface area contributed by atoms with Gasteiger partial charge in [0, 0.05) is 19.0 Å². The number of imide groups is 1. The number of amides is 3. The maximum Gasteiger partial charge on any atom is 0.316 e. The molecule has 2 aromatic rings. The van der Waals surface area contributed by atoms with Crippen molar-refractivity contribution >= 4 is 46.7 Å². The molecule has 0 radical (unpaired) electrons. The highest BCUT2D eigenvalue weighted by Crippen LogP contribution is 2.53. The van der Waals surface area contributed by atoms with E-state index in [1.54, 1.807) is 42.5 Å². The lowest BCUT2D eigenvalue weighted by atomic mass is 9.85. The number of carbonyl (C=O) groups excluding carboxylic acids is 4. The number of nitrogens with zero attached hydrogens (tertiary/aromatic N) is 2. The van der Waals surface area contributed by atoms with Crippen LogP contribution in [-0.2, 0) is 19.2 Å². The molecule has 4 aliphatic rings. The van der Waals surface area contributed by atoms with Crippen molar-refractivity contribution in [3.63, 3.8) is 0 Å². The minimum absolute atomic E-state index is 0.0198. The first kappa shape index (κ1) is 21.1. The van der Waals surface area contributed by atoms with Crippen LogP contribution in [0.3, 0.4) is 0 Å². The van der Waals surface area contributed by atoms with Crippen LogP contribution in [-0.4, -0.2) is 30.2 Å². The molecular weight excluding hydrogens is 456 g/mol. The number of benzene rings is 2. The van der Waals surface area contributed by atoms with Crippen molar-refractivity contribution < 1.29 is 23.9 Å². The smallest absolute Gasteiger partial charge is 0.316 e. The monoisotopic (exact) mass is 476 g/mol. The van der Waals surface area contributed by atoms with Gasteiger partial charge >= 0.3 is 5.97 Å². The van der Waals surface area contributed by atoms with E-state index < -0.39 is 11.9 Å². The van der Waals surface area contributed by atoms with Gasteiger partial charge in [0.05, 0.1) is 34.2 Å². The van der Waals surface area contributed by atoms with Gasteiger partial charge in [-0.1, -0.05) is 42.0 Å². The fraction of sp³-hybridized carbons (Fsp3) is 0.308. The predicted octanol–water partition coefficient (Wildman–Crippen LogP) is 3.61. The van der Waals surface area contributed by atoms with Crippen molar-refractivity contribution in [2.75, 3.05) is 16.3 Å². The third-order valence-corrected chi connectivity index (χ3v) is 7.69. The van der Waals surface area contributed by atoms with Crippen LogP contribution in [0.4, 0.5) is 11.4 Å². The molecule has 1 saturated carbocycles. The summed E-state index contributed by atoms with van der Waals surface area (Å²) in [7, 11) is 0. The molecular formula is C26H21ClN2O5. The van der Waals surface area contributed by atoms with Crippen LogP contribution in [0.15, 0.2) is 60.7 Å². The lowest BCUT2D eigenvalue weighted by Crippen LogP contribution is -2.32. The van der Waals surface area contributed by atoms with Gasteiger partial charge in [-0.2, -0.15) is 0 Å². The van der Waals surface area contributed by atoms with Crippen molar-refractivity contribution in [3.05, 3.63) is 65.7 Å². The Kier molecular flexibility index (Phi) is 4.85. The van der Waals surface area contributed by atoms with Crippen molar-refractivity contribution in [3.8, 4) is 5.75 Å². The van der Waals surface area contributed by atoms with Crippen LogP contribution < -0.4 is 14.5 Å². The molecule has 2 aromatic carbocycles. The standard InChI is InChI=1S/C26H21ClN2O5/c27-19-6-1-2-7-20(19)28-13-16(11-21(28)30)26(33)34-18-5-3-4-17(12-18)29-24(31)22-14-8-9-15(10-14)23(22)25(29)32/h1-9,12,14-16,22-23H,10-11,13H2/t14-,15-,16+,22+,23+/m0/s1. The molecule has 2 heterocycles. The molecule has 2 saturated heterocycles. The van der Waals surface area contributed by atoms with Crippen molar-refractivity contribution in [1.29, 1.82) is 0 Å². The Hall–Kier alpha value is -3.45. The molecule has 2 aliphatic heterocycles. The Labute approximate surface area is 200 Å². The van der Waals surface area contributed by atoms with E-state index in [0.717, 1.165) is 6.42 Å². The predicted molar refractivity (Wildman–Crippen MR) is 124 cm³/mol. The zero-order valence-electron chi connectivity index (χ0n) is 18.1. The van der Waals surface area contributed by atoms with Gasteiger partial charge in [0.1, 0.15) is 5.75 Å². The van der Waals surface area contributed by atoms with Gasteiger partial charge in [0.25, 0.3) is 0 Å². The summed E-state index contributed by atoms with van der Waals surface area (Å²) in [5, 5.41) is 0.436. The van der Waals surface area contributed by atoms with Gasteiger partial charge in [-0.25, -0.2) is 4.90 Å². The molecule has 3 fully saturated rings. The minimum Gasteiger partial charge on any atom is -0.426 e. The van der Waals surface area contributed by atoms with E-state index in [-0.39, 0.29) is 60.1 Å². The van der Waals surface area contributed by atoms with E-state index in [4.69, 9.17) is 16.3 Å². The average Bonchev–Trinajstić information content (AvgIpc) is 3.58. The minimum atomic E-state index is -0.650. The summed E-state index contributed by atoms with van der Waals surface area (Å²) < 4.78 is 5.57. The third kappa shape index (κ3) is 3.18. The number of esters is 1. The fourth-order valence-corrected chi connectivity index (χ4v) is 6.05. The Morgan fingerprint density at radius 2 is 1.65 bits per heavy atom. The highest BCUT2D eigenvalue weighted by molar-refractivity contribution is 6.34. The summed E-state index contributed by atoms with van der Waals surface area (Å²) in [6.07, 6.45) is 4.98. The molecule has 0 spiro atoms. The molecule has 5 atom stereocenters. The summed E-state index contributed by atoms with van der Waals surface area (Å²) in [6.45, 7) is 0.170.